The minimum absolute atomic E-state index is 0.166. The van der Waals surface area contributed by atoms with E-state index in [1.54, 1.807) is 42.7 Å². The van der Waals surface area contributed by atoms with Crippen LogP contribution in [-0.2, 0) is 9.59 Å². The second-order valence-corrected chi connectivity index (χ2v) is 8.20. The van der Waals surface area contributed by atoms with E-state index in [2.05, 4.69) is 10.4 Å². The zero-order chi connectivity index (χ0) is 24.2. The lowest BCUT2D eigenvalue weighted by molar-refractivity contribution is -0.135. The quantitative estimate of drug-likeness (QED) is 0.488. The Bertz CT molecular complexity index is 1250. The molecule has 1 aromatic heterocycles. The van der Waals surface area contributed by atoms with Gasteiger partial charge in [-0.05, 0) is 55.0 Å². The molecule has 2 amide bonds. The van der Waals surface area contributed by atoms with Gasteiger partial charge in [-0.2, -0.15) is 5.10 Å². The van der Waals surface area contributed by atoms with E-state index in [1.807, 2.05) is 12.1 Å². The zero-order valence-electron chi connectivity index (χ0n) is 18.6. The summed E-state index contributed by atoms with van der Waals surface area (Å²) in [5.41, 5.74) is 2.32. The Morgan fingerprint density at radius 1 is 1.15 bits per heavy atom. The average molecular weight is 480 g/mol. The molecule has 2 aromatic carbocycles. The van der Waals surface area contributed by atoms with Crippen LogP contribution in [0.5, 0.6) is 5.75 Å². The second-order valence-electron chi connectivity index (χ2n) is 7.76. The van der Waals surface area contributed by atoms with Crippen molar-refractivity contribution >= 4 is 40.6 Å². The van der Waals surface area contributed by atoms with Gasteiger partial charge in [-0.25, -0.2) is 5.01 Å². The number of halogens is 1. The number of carbonyl (C=O) groups excluding carboxylic acids is 3. The summed E-state index contributed by atoms with van der Waals surface area (Å²) in [6, 6.07) is 15.0. The molecule has 3 aromatic rings. The Hall–Kier alpha value is -3.91. The molecule has 0 aliphatic carbocycles. The molecular weight excluding hydrogens is 458 g/mol. The SMILES string of the molecule is CC(=O)Nc1ccc(C(C)=O)cc1OCC(=O)N1N=C(c2ccc(Cl)cc2)CC1c1ccco1. The van der Waals surface area contributed by atoms with E-state index in [0.29, 0.717) is 34.2 Å². The molecule has 1 unspecified atom stereocenters. The number of nitrogens with zero attached hydrogens (tertiary/aromatic N) is 2. The second kappa shape index (κ2) is 9.93. The lowest BCUT2D eigenvalue weighted by Gasteiger charge is -2.20. The van der Waals surface area contributed by atoms with E-state index < -0.39 is 11.9 Å². The van der Waals surface area contributed by atoms with E-state index in [-0.39, 0.29) is 24.0 Å². The van der Waals surface area contributed by atoms with Crippen molar-refractivity contribution in [3.8, 4) is 5.75 Å². The number of ether oxygens (including phenoxy) is 1. The Morgan fingerprint density at radius 2 is 1.91 bits per heavy atom. The first-order valence-corrected chi connectivity index (χ1v) is 10.9. The van der Waals surface area contributed by atoms with Crippen LogP contribution in [-0.4, -0.2) is 34.9 Å². The van der Waals surface area contributed by atoms with Gasteiger partial charge in [-0.1, -0.05) is 23.7 Å². The van der Waals surface area contributed by atoms with Crippen LogP contribution >= 0.6 is 11.6 Å². The van der Waals surface area contributed by atoms with Crippen LogP contribution in [0.15, 0.2) is 70.4 Å². The molecule has 0 spiro atoms. The van der Waals surface area contributed by atoms with E-state index in [9.17, 15) is 14.4 Å². The van der Waals surface area contributed by atoms with Crippen molar-refractivity contribution in [2.75, 3.05) is 11.9 Å². The van der Waals surface area contributed by atoms with E-state index in [4.69, 9.17) is 20.8 Å². The fraction of sp³-hybridized carbons (Fsp3) is 0.200. The monoisotopic (exact) mass is 479 g/mol. The predicted molar refractivity (Wildman–Crippen MR) is 127 cm³/mol. The number of ketones is 1. The molecule has 0 saturated carbocycles. The highest BCUT2D eigenvalue weighted by Crippen LogP contribution is 2.34. The molecule has 0 radical (unpaired) electrons. The summed E-state index contributed by atoms with van der Waals surface area (Å²) in [7, 11) is 0. The lowest BCUT2D eigenvalue weighted by Crippen LogP contribution is -2.31. The van der Waals surface area contributed by atoms with Gasteiger partial charge >= 0.3 is 0 Å². The number of hydrogen-bond donors (Lipinski definition) is 1. The number of hydrazone groups is 1. The number of anilines is 1. The van der Waals surface area contributed by atoms with Gasteiger partial charge in [0.05, 0.1) is 17.7 Å². The summed E-state index contributed by atoms with van der Waals surface area (Å²) in [5, 5.41) is 9.14. The van der Waals surface area contributed by atoms with Gasteiger partial charge < -0.3 is 14.5 Å². The smallest absolute Gasteiger partial charge is 0.281 e. The highest BCUT2D eigenvalue weighted by molar-refractivity contribution is 6.30. The minimum atomic E-state index is -0.435. The van der Waals surface area contributed by atoms with Crippen LogP contribution in [0.3, 0.4) is 0 Å². The first-order chi connectivity index (χ1) is 16.3. The lowest BCUT2D eigenvalue weighted by atomic mass is 10.0. The van der Waals surface area contributed by atoms with Crippen LogP contribution in [0.4, 0.5) is 5.69 Å². The van der Waals surface area contributed by atoms with Crippen molar-refractivity contribution in [1.29, 1.82) is 0 Å². The molecule has 34 heavy (non-hydrogen) atoms. The normalized spacial score (nSPS) is 15.1. The third-order valence-corrected chi connectivity index (χ3v) is 5.52. The van der Waals surface area contributed by atoms with Crippen LogP contribution in [0, 0.1) is 0 Å². The van der Waals surface area contributed by atoms with Gasteiger partial charge in [-0.15, -0.1) is 0 Å². The van der Waals surface area contributed by atoms with Crippen LogP contribution in [0.2, 0.25) is 5.02 Å². The molecule has 1 aliphatic heterocycles. The van der Waals surface area contributed by atoms with Gasteiger partial charge in [0.15, 0.2) is 12.4 Å². The van der Waals surface area contributed by atoms with E-state index >= 15 is 0 Å². The van der Waals surface area contributed by atoms with E-state index in [1.165, 1.54) is 24.9 Å². The summed E-state index contributed by atoms with van der Waals surface area (Å²) in [5.74, 6) is -0.0700. The maximum absolute atomic E-state index is 13.2. The number of benzene rings is 2. The summed E-state index contributed by atoms with van der Waals surface area (Å²) >= 11 is 6.00. The first-order valence-electron chi connectivity index (χ1n) is 10.6. The number of carbonyl (C=O) groups is 3. The van der Waals surface area contributed by atoms with Crippen molar-refractivity contribution in [2.45, 2.75) is 26.3 Å². The Labute approximate surface area is 201 Å². The zero-order valence-corrected chi connectivity index (χ0v) is 19.3. The van der Waals surface area contributed by atoms with Crippen LogP contribution in [0.25, 0.3) is 0 Å². The van der Waals surface area contributed by atoms with Crippen molar-refractivity contribution in [3.63, 3.8) is 0 Å². The molecule has 2 heterocycles. The average Bonchev–Trinajstić information content (AvgIpc) is 3.48. The molecule has 0 fully saturated rings. The number of rotatable bonds is 7. The molecular formula is C25H22ClN3O5. The van der Waals surface area contributed by atoms with Gasteiger partial charge in [0.2, 0.25) is 5.91 Å². The van der Waals surface area contributed by atoms with Gasteiger partial charge in [0.1, 0.15) is 17.6 Å². The molecule has 9 heteroatoms. The fourth-order valence-electron chi connectivity index (χ4n) is 3.62. The van der Waals surface area contributed by atoms with Crippen LogP contribution < -0.4 is 10.1 Å². The number of hydrogen-bond acceptors (Lipinski definition) is 6. The van der Waals surface area contributed by atoms with Crippen molar-refractivity contribution < 1.29 is 23.5 Å². The standard InChI is InChI=1S/C25H22ClN3O5/c1-15(30)18-7-10-20(27-16(2)31)24(12-18)34-14-25(32)29-22(23-4-3-11-33-23)13-21(28-29)17-5-8-19(26)9-6-17/h3-12,22H,13-14H2,1-2H3,(H,27,31). The van der Waals surface area contributed by atoms with Gasteiger partial charge in [0, 0.05) is 23.9 Å². The topological polar surface area (TPSA) is 101 Å². The number of furan rings is 1. The maximum Gasteiger partial charge on any atom is 0.281 e. The summed E-state index contributed by atoms with van der Waals surface area (Å²) in [6.07, 6.45) is 2.00. The third-order valence-electron chi connectivity index (χ3n) is 5.26. The summed E-state index contributed by atoms with van der Waals surface area (Å²) in [4.78, 5) is 36.5. The number of nitrogens with one attached hydrogen (secondary N) is 1. The Kier molecular flexibility index (Phi) is 6.79. The first kappa shape index (κ1) is 23.3. The molecule has 4 rings (SSSR count). The Balaban J connectivity index is 1.58. The minimum Gasteiger partial charge on any atom is -0.481 e. The summed E-state index contributed by atoms with van der Waals surface area (Å²) in [6.45, 7) is 2.43. The van der Waals surface area contributed by atoms with Crippen molar-refractivity contribution in [3.05, 3.63) is 82.8 Å². The highest BCUT2D eigenvalue weighted by Gasteiger charge is 2.35. The maximum atomic E-state index is 13.2. The van der Waals surface area contributed by atoms with E-state index in [0.717, 1.165) is 5.56 Å². The van der Waals surface area contributed by atoms with Crippen LogP contribution in [0.1, 0.15) is 48.0 Å². The third kappa shape index (κ3) is 5.18. The highest BCUT2D eigenvalue weighted by atomic mass is 35.5. The molecule has 0 saturated heterocycles. The largest absolute Gasteiger partial charge is 0.481 e. The molecule has 0 bridgehead atoms. The van der Waals surface area contributed by atoms with Crippen molar-refractivity contribution in [2.24, 2.45) is 5.10 Å². The molecule has 1 atom stereocenters. The van der Waals surface area contributed by atoms with Gasteiger partial charge in [0.25, 0.3) is 5.91 Å². The summed E-state index contributed by atoms with van der Waals surface area (Å²) < 4.78 is 11.3. The molecule has 1 aliphatic rings. The molecule has 1 N–H and O–H groups in total. The molecule has 174 valence electrons. The predicted octanol–water partition coefficient (Wildman–Crippen LogP) is 4.85. The van der Waals surface area contributed by atoms with Gasteiger partial charge in [-0.3, -0.25) is 14.4 Å². The Morgan fingerprint density at radius 3 is 2.56 bits per heavy atom. The number of Topliss-reactive ketones (excluding diaryl/α,β-unsaturated/α-hetero) is 1. The fourth-order valence-corrected chi connectivity index (χ4v) is 3.74. The molecule has 8 nitrogen and oxygen atoms in total. The number of amides is 2. The van der Waals surface area contributed by atoms with Crippen molar-refractivity contribution in [1.82, 2.24) is 5.01 Å².